The molecule has 1 aliphatic rings. The van der Waals surface area contributed by atoms with E-state index in [4.69, 9.17) is 0 Å². The number of aromatic nitrogens is 2. The quantitative estimate of drug-likeness (QED) is 0.880. The van der Waals surface area contributed by atoms with Gasteiger partial charge >= 0.3 is 0 Å². The molecule has 110 valence electrons. The van der Waals surface area contributed by atoms with Crippen molar-refractivity contribution < 1.29 is 4.79 Å². The van der Waals surface area contributed by atoms with E-state index in [2.05, 4.69) is 32.0 Å². The van der Waals surface area contributed by atoms with Crippen molar-refractivity contribution in [3.05, 3.63) is 18.0 Å². The van der Waals surface area contributed by atoms with Gasteiger partial charge in [0.05, 0.1) is 0 Å². The van der Waals surface area contributed by atoms with Crippen LogP contribution in [0, 0.1) is 0 Å². The van der Waals surface area contributed by atoms with E-state index in [9.17, 15) is 4.79 Å². The summed E-state index contributed by atoms with van der Waals surface area (Å²) in [6, 6.07) is 1.76. The third kappa shape index (κ3) is 3.66. The second kappa shape index (κ2) is 6.65. The zero-order valence-corrected chi connectivity index (χ0v) is 12.5. The van der Waals surface area contributed by atoms with Gasteiger partial charge in [0.25, 0.3) is 5.91 Å². The number of carbonyl (C=O) groups is 1. The topological polar surface area (TPSA) is 61.4 Å². The molecule has 0 unspecified atom stereocenters. The van der Waals surface area contributed by atoms with Crippen LogP contribution in [-0.4, -0.2) is 59.5 Å². The molecular weight excluding hydrogens is 254 g/mol. The third-order valence-corrected chi connectivity index (χ3v) is 3.40. The highest BCUT2D eigenvalue weighted by Crippen LogP contribution is 2.11. The number of nitrogens with zero attached hydrogens (tertiary/aromatic N) is 4. The number of anilines is 1. The number of likely N-dealkylation sites (N-methyl/N-ethyl adjacent to an activating group) is 1. The Morgan fingerprint density at radius 2 is 2.05 bits per heavy atom. The summed E-state index contributed by atoms with van der Waals surface area (Å²) >= 11 is 0. The predicted molar refractivity (Wildman–Crippen MR) is 79.0 cm³/mol. The molecule has 0 radical (unpaired) electrons. The van der Waals surface area contributed by atoms with Gasteiger partial charge in [-0.05, 0) is 26.5 Å². The third-order valence-electron chi connectivity index (χ3n) is 3.40. The molecule has 0 spiro atoms. The monoisotopic (exact) mass is 277 g/mol. The number of rotatable bonds is 4. The van der Waals surface area contributed by atoms with Crippen LogP contribution in [0.3, 0.4) is 0 Å². The maximum atomic E-state index is 12.0. The Kier molecular flexibility index (Phi) is 4.89. The fourth-order valence-electron chi connectivity index (χ4n) is 2.23. The molecule has 0 aliphatic carbocycles. The van der Waals surface area contributed by atoms with Crippen LogP contribution < -0.4 is 10.2 Å². The maximum absolute atomic E-state index is 12.0. The van der Waals surface area contributed by atoms with Crippen molar-refractivity contribution in [3.8, 4) is 0 Å². The van der Waals surface area contributed by atoms with Gasteiger partial charge in [-0.25, -0.2) is 9.97 Å². The standard InChI is InChI=1S/C14H23N5O/c1-4-18-7-9-19(10-8-18)14-15-6-5-12(17-14)13(20)16-11(2)3/h5-6,11H,4,7-10H2,1-3H3,(H,16,20). The van der Waals surface area contributed by atoms with E-state index in [0.717, 1.165) is 32.7 Å². The number of hydrogen-bond donors (Lipinski definition) is 1. The normalized spacial score (nSPS) is 16.5. The van der Waals surface area contributed by atoms with Crippen molar-refractivity contribution in [3.63, 3.8) is 0 Å². The Hall–Kier alpha value is -1.69. The minimum Gasteiger partial charge on any atom is -0.349 e. The van der Waals surface area contributed by atoms with Gasteiger partial charge in [0, 0.05) is 38.4 Å². The lowest BCUT2D eigenvalue weighted by Crippen LogP contribution is -2.46. The van der Waals surface area contributed by atoms with Gasteiger partial charge in [-0.2, -0.15) is 0 Å². The number of nitrogens with one attached hydrogen (secondary N) is 1. The molecule has 1 aromatic heterocycles. The molecule has 1 fully saturated rings. The Labute approximate surface area is 120 Å². The fourth-order valence-corrected chi connectivity index (χ4v) is 2.23. The van der Waals surface area contributed by atoms with Crippen molar-refractivity contribution in [1.82, 2.24) is 20.2 Å². The first-order valence-corrected chi connectivity index (χ1v) is 7.21. The van der Waals surface area contributed by atoms with Crippen molar-refractivity contribution >= 4 is 11.9 Å². The minimum atomic E-state index is -0.143. The van der Waals surface area contributed by atoms with Gasteiger partial charge in [-0.1, -0.05) is 6.92 Å². The van der Waals surface area contributed by atoms with Gasteiger partial charge in [0.2, 0.25) is 5.95 Å². The van der Waals surface area contributed by atoms with Crippen molar-refractivity contribution in [2.45, 2.75) is 26.8 Å². The molecule has 0 aromatic carbocycles. The van der Waals surface area contributed by atoms with Gasteiger partial charge in [-0.3, -0.25) is 4.79 Å². The van der Waals surface area contributed by atoms with E-state index >= 15 is 0 Å². The molecule has 0 saturated carbocycles. The largest absolute Gasteiger partial charge is 0.349 e. The van der Waals surface area contributed by atoms with Crippen molar-refractivity contribution in [1.29, 1.82) is 0 Å². The van der Waals surface area contributed by atoms with E-state index in [0.29, 0.717) is 11.6 Å². The van der Waals surface area contributed by atoms with Crippen LogP contribution in [0.15, 0.2) is 12.3 Å². The van der Waals surface area contributed by atoms with Crippen LogP contribution in [0.1, 0.15) is 31.3 Å². The second-order valence-corrected chi connectivity index (χ2v) is 5.29. The molecule has 2 rings (SSSR count). The van der Waals surface area contributed by atoms with Crippen LogP contribution in [-0.2, 0) is 0 Å². The van der Waals surface area contributed by atoms with Gasteiger partial charge < -0.3 is 15.1 Å². The average molecular weight is 277 g/mol. The smallest absolute Gasteiger partial charge is 0.270 e. The van der Waals surface area contributed by atoms with E-state index < -0.39 is 0 Å². The van der Waals surface area contributed by atoms with E-state index in [1.807, 2.05) is 13.8 Å². The summed E-state index contributed by atoms with van der Waals surface area (Å²) < 4.78 is 0. The predicted octanol–water partition coefficient (Wildman–Crippen LogP) is 0.757. The lowest BCUT2D eigenvalue weighted by atomic mass is 10.3. The molecule has 1 aliphatic heterocycles. The fraction of sp³-hybridized carbons (Fsp3) is 0.643. The summed E-state index contributed by atoms with van der Waals surface area (Å²) in [6.45, 7) is 11.0. The van der Waals surface area contributed by atoms with Crippen LogP contribution >= 0.6 is 0 Å². The molecule has 1 aromatic rings. The first kappa shape index (κ1) is 14.7. The molecule has 6 heteroatoms. The number of hydrogen-bond acceptors (Lipinski definition) is 5. The summed E-state index contributed by atoms with van der Waals surface area (Å²) in [5.41, 5.74) is 0.432. The van der Waals surface area contributed by atoms with Crippen LogP contribution in [0.5, 0.6) is 0 Å². The first-order chi connectivity index (χ1) is 9.60. The molecule has 20 heavy (non-hydrogen) atoms. The average Bonchev–Trinajstić information content (AvgIpc) is 2.47. The number of piperazine rings is 1. The molecule has 1 saturated heterocycles. The molecule has 1 N–H and O–H groups in total. The zero-order chi connectivity index (χ0) is 14.5. The number of carbonyl (C=O) groups excluding carboxylic acids is 1. The van der Waals surface area contributed by atoms with Gasteiger partial charge in [0.15, 0.2) is 0 Å². The highest BCUT2D eigenvalue weighted by atomic mass is 16.1. The Morgan fingerprint density at radius 3 is 2.65 bits per heavy atom. The van der Waals surface area contributed by atoms with Crippen molar-refractivity contribution in [2.24, 2.45) is 0 Å². The van der Waals surface area contributed by atoms with Gasteiger partial charge in [0.1, 0.15) is 5.69 Å². The summed E-state index contributed by atoms with van der Waals surface area (Å²) in [5, 5.41) is 2.85. The second-order valence-electron chi connectivity index (χ2n) is 5.29. The lowest BCUT2D eigenvalue weighted by Gasteiger charge is -2.34. The molecule has 1 amide bonds. The van der Waals surface area contributed by atoms with E-state index in [1.165, 1.54) is 0 Å². The summed E-state index contributed by atoms with van der Waals surface area (Å²) in [4.78, 5) is 25.2. The van der Waals surface area contributed by atoms with Crippen LogP contribution in [0.4, 0.5) is 5.95 Å². The van der Waals surface area contributed by atoms with Gasteiger partial charge in [-0.15, -0.1) is 0 Å². The SMILES string of the molecule is CCN1CCN(c2nccc(C(=O)NC(C)C)n2)CC1. The lowest BCUT2D eigenvalue weighted by molar-refractivity contribution is 0.0938. The highest BCUT2D eigenvalue weighted by molar-refractivity contribution is 5.92. The minimum absolute atomic E-state index is 0.106. The Balaban J connectivity index is 2.04. The molecule has 0 atom stereocenters. The summed E-state index contributed by atoms with van der Waals surface area (Å²) in [7, 11) is 0. The maximum Gasteiger partial charge on any atom is 0.270 e. The molecule has 0 bridgehead atoms. The highest BCUT2D eigenvalue weighted by Gasteiger charge is 2.19. The number of amides is 1. The van der Waals surface area contributed by atoms with Crippen LogP contribution in [0.2, 0.25) is 0 Å². The van der Waals surface area contributed by atoms with Crippen LogP contribution in [0.25, 0.3) is 0 Å². The van der Waals surface area contributed by atoms with Crippen molar-refractivity contribution in [2.75, 3.05) is 37.6 Å². The first-order valence-electron chi connectivity index (χ1n) is 7.21. The van der Waals surface area contributed by atoms with E-state index in [1.54, 1.807) is 12.3 Å². The Bertz CT molecular complexity index is 455. The Morgan fingerprint density at radius 1 is 1.35 bits per heavy atom. The molecule has 2 heterocycles. The zero-order valence-electron chi connectivity index (χ0n) is 12.5. The van der Waals surface area contributed by atoms with E-state index in [-0.39, 0.29) is 11.9 Å². The summed E-state index contributed by atoms with van der Waals surface area (Å²) in [5.74, 6) is 0.507. The summed E-state index contributed by atoms with van der Waals surface area (Å²) in [6.07, 6.45) is 1.66. The molecule has 6 nitrogen and oxygen atoms in total. The molecular formula is C14H23N5O.